The second-order valence-electron chi connectivity index (χ2n) is 6.85. The second kappa shape index (κ2) is 10.7. The minimum absolute atomic E-state index is 0.00904. The Morgan fingerprint density at radius 1 is 1.07 bits per heavy atom. The van der Waals surface area contributed by atoms with E-state index in [2.05, 4.69) is 56.1 Å². The van der Waals surface area contributed by atoms with Crippen LogP contribution in [0.4, 0.5) is 5.69 Å². The molecule has 1 N–H and O–H groups in total. The number of likely N-dealkylation sites (N-methyl/N-ethyl adjacent to an activating group) is 1. The van der Waals surface area contributed by atoms with Gasteiger partial charge in [0, 0.05) is 13.0 Å². The number of anilines is 1. The molecule has 146 valence electrons. The Kier molecular flexibility index (Phi) is 8.34. The lowest BCUT2D eigenvalue weighted by Crippen LogP contribution is -2.28. The fourth-order valence-corrected chi connectivity index (χ4v) is 3.11. The van der Waals surface area contributed by atoms with Crippen molar-refractivity contribution in [3.05, 3.63) is 59.2 Å². The number of rotatable bonds is 10. The van der Waals surface area contributed by atoms with E-state index in [1.165, 1.54) is 16.7 Å². The minimum atomic E-state index is 0.00904. The third kappa shape index (κ3) is 6.72. The highest BCUT2D eigenvalue weighted by Crippen LogP contribution is 2.24. The molecule has 2 aromatic carbocycles. The Bertz CT molecular complexity index is 739. The summed E-state index contributed by atoms with van der Waals surface area (Å²) in [6.45, 7) is 12.0. The molecule has 0 unspecified atom stereocenters. The van der Waals surface area contributed by atoms with Crippen molar-refractivity contribution in [3.63, 3.8) is 0 Å². The highest BCUT2D eigenvalue weighted by Gasteiger charge is 2.09. The van der Waals surface area contributed by atoms with E-state index < -0.39 is 0 Å². The Balaban J connectivity index is 1.89. The predicted molar refractivity (Wildman–Crippen MR) is 113 cm³/mol. The van der Waals surface area contributed by atoms with E-state index in [4.69, 9.17) is 4.74 Å². The van der Waals surface area contributed by atoms with Crippen LogP contribution in [0.5, 0.6) is 5.75 Å². The second-order valence-corrected chi connectivity index (χ2v) is 6.85. The lowest BCUT2D eigenvalue weighted by molar-refractivity contribution is -0.116. The third-order valence-corrected chi connectivity index (χ3v) is 4.84. The quantitative estimate of drug-likeness (QED) is 0.667. The van der Waals surface area contributed by atoms with E-state index in [-0.39, 0.29) is 5.91 Å². The summed E-state index contributed by atoms with van der Waals surface area (Å²) in [4.78, 5) is 14.7. The number of carbonyl (C=O) groups excluding carboxylic acids is 1. The average molecular weight is 369 g/mol. The number of ether oxygens (including phenoxy) is 1. The number of hydrogen-bond acceptors (Lipinski definition) is 3. The lowest BCUT2D eigenvalue weighted by atomic mass is 10.0. The summed E-state index contributed by atoms with van der Waals surface area (Å²) in [6, 6.07) is 14.0. The van der Waals surface area contributed by atoms with Crippen LogP contribution >= 0.6 is 0 Å². The predicted octanol–water partition coefficient (Wildman–Crippen LogP) is 4.60. The van der Waals surface area contributed by atoms with E-state index >= 15 is 0 Å². The van der Waals surface area contributed by atoms with E-state index in [1.54, 1.807) is 0 Å². The van der Waals surface area contributed by atoms with Gasteiger partial charge in [-0.25, -0.2) is 0 Å². The summed E-state index contributed by atoms with van der Waals surface area (Å²) in [7, 11) is 0. The molecule has 1 amide bonds. The van der Waals surface area contributed by atoms with E-state index in [0.717, 1.165) is 37.5 Å². The maximum Gasteiger partial charge on any atom is 0.224 e. The highest BCUT2D eigenvalue weighted by molar-refractivity contribution is 5.92. The summed E-state index contributed by atoms with van der Waals surface area (Å²) >= 11 is 0. The number of nitrogens with one attached hydrogen (secondary N) is 1. The molecule has 0 aliphatic rings. The first-order valence-corrected chi connectivity index (χ1v) is 9.83. The summed E-state index contributed by atoms with van der Waals surface area (Å²) in [5, 5.41) is 3.00. The van der Waals surface area contributed by atoms with Crippen LogP contribution in [0, 0.1) is 13.8 Å². The molecule has 0 heterocycles. The van der Waals surface area contributed by atoms with E-state index in [9.17, 15) is 4.79 Å². The summed E-state index contributed by atoms with van der Waals surface area (Å²) < 4.78 is 5.91. The molecule has 27 heavy (non-hydrogen) atoms. The van der Waals surface area contributed by atoms with Gasteiger partial charge < -0.3 is 15.0 Å². The fourth-order valence-electron chi connectivity index (χ4n) is 3.11. The van der Waals surface area contributed by atoms with E-state index in [0.29, 0.717) is 13.0 Å². The molecular weight excluding hydrogens is 336 g/mol. The van der Waals surface area contributed by atoms with Crippen molar-refractivity contribution in [2.45, 2.75) is 40.5 Å². The van der Waals surface area contributed by atoms with Crippen LogP contribution in [0.15, 0.2) is 42.5 Å². The molecule has 0 aliphatic heterocycles. The van der Waals surface area contributed by atoms with Crippen molar-refractivity contribution in [2.75, 3.05) is 31.6 Å². The number of amides is 1. The molecular formula is C23H32N2O2. The van der Waals surface area contributed by atoms with E-state index in [1.807, 2.05) is 24.3 Å². The molecule has 0 radical (unpaired) electrons. The molecule has 0 aromatic heterocycles. The minimum Gasteiger partial charge on any atom is -0.490 e. The van der Waals surface area contributed by atoms with Crippen LogP contribution in [0.2, 0.25) is 0 Å². The molecule has 4 heteroatoms. The van der Waals surface area contributed by atoms with Crippen LogP contribution in [-0.2, 0) is 11.2 Å². The van der Waals surface area contributed by atoms with Crippen LogP contribution in [-0.4, -0.2) is 37.0 Å². The number of carbonyl (C=O) groups is 1. The van der Waals surface area contributed by atoms with Gasteiger partial charge in [-0.15, -0.1) is 0 Å². The molecule has 2 rings (SSSR count). The number of para-hydroxylation sites is 2. The van der Waals surface area contributed by atoms with Gasteiger partial charge in [0.1, 0.15) is 12.4 Å². The molecule has 4 nitrogen and oxygen atoms in total. The summed E-state index contributed by atoms with van der Waals surface area (Å²) in [5.74, 6) is 0.735. The molecule has 0 atom stereocenters. The van der Waals surface area contributed by atoms with Crippen LogP contribution in [0.1, 0.15) is 37.0 Å². The van der Waals surface area contributed by atoms with Gasteiger partial charge in [0.25, 0.3) is 0 Å². The summed E-state index contributed by atoms with van der Waals surface area (Å²) in [6.07, 6.45) is 1.20. The van der Waals surface area contributed by atoms with Crippen molar-refractivity contribution in [1.29, 1.82) is 0 Å². The van der Waals surface area contributed by atoms with Gasteiger partial charge in [-0.3, -0.25) is 4.79 Å². The van der Waals surface area contributed by atoms with Crippen LogP contribution < -0.4 is 10.1 Å². The van der Waals surface area contributed by atoms with Crippen molar-refractivity contribution in [3.8, 4) is 5.75 Å². The van der Waals surface area contributed by atoms with Crippen molar-refractivity contribution >= 4 is 11.6 Å². The maximum absolute atomic E-state index is 12.4. The van der Waals surface area contributed by atoms with Crippen molar-refractivity contribution in [1.82, 2.24) is 4.90 Å². The Morgan fingerprint density at radius 3 is 2.52 bits per heavy atom. The van der Waals surface area contributed by atoms with Crippen molar-refractivity contribution in [2.24, 2.45) is 0 Å². The number of nitrogens with zero attached hydrogens (tertiary/aromatic N) is 1. The average Bonchev–Trinajstić information content (AvgIpc) is 2.66. The zero-order chi connectivity index (χ0) is 19.6. The molecule has 0 aliphatic carbocycles. The fraction of sp³-hybridized carbons (Fsp3) is 0.435. The zero-order valence-electron chi connectivity index (χ0n) is 17.0. The zero-order valence-corrected chi connectivity index (χ0v) is 17.0. The molecule has 0 bridgehead atoms. The van der Waals surface area contributed by atoms with Gasteiger partial charge in [-0.2, -0.15) is 0 Å². The molecule has 2 aromatic rings. The van der Waals surface area contributed by atoms with Gasteiger partial charge >= 0.3 is 0 Å². The van der Waals surface area contributed by atoms with Crippen LogP contribution in [0.25, 0.3) is 0 Å². The third-order valence-electron chi connectivity index (χ3n) is 4.84. The first-order chi connectivity index (χ1) is 13.0. The maximum atomic E-state index is 12.4. The van der Waals surface area contributed by atoms with Gasteiger partial charge in [0.15, 0.2) is 0 Å². The summed E-state index contributed by atoms with van der Waals surface area (Å²) in [5.41, 5.74) is 4.45. The number of aryl methyl sites for hydroxylation is 3. The standard InChI is InChI=1S/C23H32N2O2/c1-5-25(6-2)15-16-27-22-10-8-7-9-21(22)24-23(26)14-13-20-12-11-18(3)17-19(20)4/h7-12,17H,5-6,13-16H2,1-4H3,(H,24,26). The van der Waals surface area contributed by atoms with Gasteiger partial charge in [-0.05, 0) is 56.6 Å². The van der Waals surface area contributed by atoms with Gasteiger partial charge in [0.2, 0.25) is 5.91 Å². The van der Waals surface area contributed by atoms with Gasteiger partial charge in [0.05, 0.1) is 5.69 Å². The Labute approximate surface area is 163 Å². The molecule has 0 spiro atoms. The largest absolute Gasteiger partial charge is 0.490 e. The molecule has 0 fully saturated rings. The lowest BCUT2D eigenvalue weighted by Gasteiger charge is -2.19. The number of benzene rings is 2. The van der Waals surface area contributed by atoms with Gasteiger partial charge in [-0.1, -0.05) is 49.7 Å². The Hall–Kier alpha value is -2.33. The Morgan fingerprint density at radius 2 is 1.81 bits per heavy atom. The number of hydrogen-bond donors (Lipinski definition) is 1. The SMILES string of the molecule is CCN(CC)CCOc1ccccc1NC(=O)CCc1ccc(C)cc1C. The normalized spacial score (nSPS) is 10.9. The first kappa shape index (κ1) is 21.0. The smallest absolute Gasteiger partial charge is 0.224 e. The highest BCUT2D eigenvalue weighted by atomic mass is 16.5. The molecule has 0 saturated heterocycles. The van der Waals surface area contributed by atoms with Crippen LogP contribution in [0.3, 0.4) is 0 Å². The topological polar surface area (TPSA) is 41.6 Å². The monoisotopic (exact) mass is 368 g/mol. The first-order valence-electron chi connectivity index (χ1n) is 9.83. The molecule has 0 saturated carbocycles. The van der Waals surface area contributed by atoms with Crippen molar-refractivity contribution < 1.29 is 9.53 Å².